The number of aliphatic hydroxyl groups excluding tert-OH is 1. The summed E-state index contributed by atoms with van der Waals surface area (Å²) in [5.41, 5.74) is 6.45. The van der Waals surface area contributed by atoms with Crippen LogP contribution in [0.25, 0.3) is 10.2 Å². The molecule has 1 atom stereocenters. The molecule has 3 heterocycles. The van der Waals surface area contributed by atoms with E-state index in [4.69, 9.17) is 22.2 Å². The van der Waals surface area contributed by atoms with Crippen molar-refractivity contribution in [3.05, 3.63) is 53.5 Å². The number of benzene rings is 1. The SMILES string of the molecule is Nc1nc2ccc(OC(F)(F)F)cc2s1.[O-][n+]1cccc(/C(Cl)=N/OC[C@H](O)CN2CCCCC2)c1. The lowest BCUT2D eigenvalue weighted by molar-refractivity contribution is -0.605. The van der Waals surface area contributed by atoms with E-state index in [1.807, 2.05) is 0 Å². The fourth-order valence-corrected chi connectivity index (χ4v) is 4.35. The van der Waals surface area contributed by atoms with E-state index in [2.05, 4.69) is 19.8 Å². The number of fused-ring (bicyclic) bond motifs is 1. The molecule has 0 aliphatic carbocycles. The molecule has 0 saturated carbocycles. The van der Waals surface area contributed by atoms with Gasteiger partial charge in [-0.2, -0.15) is 4.73 Å². The van der Waals surface area contributed by atoms with Crippen LogP contribution in [0.2, 0.25) is 0 Å². The second-order valence-electron chi connectivity index (χ2n) is 7.87. The Kier molecular flexibility index (Phi) is 9.93. The Hall–Kier alpha value is -2.87. The Morgan fingerprint density at radius 3 is 2.75 bits per heavy atom. The van der Waals surface area contributed by atoms with Crippen molar-refractivity contribution >= 4 is 43.5 Å². The molecule has 3 aromatic rings. The molecule has 0 amide bonds. The first-order valence-electron chi connectivity index (χ1n) is 11.0. The van der Waals surface area contributed by atoms with Gasteiger partial charge in [-0.1, -0.05) is 34.5 Å². The number of rotatable bonds is 7. The first-order chi connectivity index (χ1) is 17.1. The number of ether oxygens (including phenoxy) is 1. The number of likely N-dealkylation sites (tertiary alicyclic amines) is 1. The summed E-state index contributed by atoms with van der Waals surface area (Å²) in [5, 5.41) is 25.1. The van der Waals surface area contributed by atoms with Gasteiger partial charge in [0.1, 0.15) is 18.5 Å². The predicted octanol–water partition coefficient (Wildman–Crippen LogP) is 3.86. The molecule has 0 spiro atoms. The lowest BCUT2D eigenvalue weighted by atomic mass is 10.1. The quantitative estimate of drug-likeness (QED) is 0.199. The maximum absolute atomic E-state index is 11.9. The summed E-state index contributed by atoms with van der Waals surface area (Å²) >= 11 is 7.05. The zero-order valence-electron chi connectivity index (χ0n) is 19.0. The molecule has 36 heavy (non-hydrogen) atoms. The van der Waals surface area contributed by atoms with Gasteiger partial charge in [-0.25, -0.2) is 4.98 Å². The Morgan fingerprint density at radius 2 is 2.06 bits per heavy atom. The fourth-order valence-electron chi connectivity index (χ4n) is 3.42. The van der Waals surface area contributed by atoms with Gasteiger partial charge < -0.3 is 30.5 Å². The van der Waals surface area contributed by atoms with Crippen LogP contribution >= 0.6 is 22.9 Å². The number of alkyl halides is 3. The highest BCUT2D eigenvalue weighted by atomic mass is 35.5. The highest BCUT2D eigenvalue weighted by molar-refractivity contribution is 7.22. The largest absolute Gasteiger partial charge is 0.619 e. The molecule has 9 nitrogen and oxygen atoms in total. The second kappa shape index (κ2) is 12.9. The molecule has 1 aliphatic rings. The number of nitrogen functional groups attached to an aromatic ring is 1. The van der Waals surface area contributed by atoms with E-state index < -0.39 is 12.5 Å². The van der Waals surface area contributed by atoms with E-state index in [0.717, 1.165) is 24.4 Å². The average molecular weight is 548 g/mol. The van der Waals surface area contributed by atoms with Crippen molar-refractivity contribution in [2.75, 3.05) is 32.0 Å². The number of nitrogens with zero attached hydrogens (tertiary/aromatic N) is 4. The number of pyridine rings is 1. The number of aromatic nitrogens is 2. The smallest absolute Gasteiger partial charge is 0.573 e. The van der Waals surface area contributed by atoms with Crippen LogP contribution in [0.3, 0.4) is 0 Å². The van der Waals surface area contributed by atoms with Crippen molar-refractivity contribution in [2.24, 2.45) is 5.16 Å². The van der Waals surface area contributed by atoms with Crippen LogP contribution in [0, 0.1) is 5.21 Å². The number of aliphatic hydroxyl groups is 1. The van der Waals surface area contributed by atoms with E-state index in [0.29, 0.717) is 32.2 Å². The molecule has 0 radical (unpaired) electrons. The molecule has 1 fully saturated rings. The van der Waals surface area contributed by atoms with Crippen molar-refractivity contribution < 1.29 is 32.6 Å². The van der Waals surface area contributed by atoms with Crippen molar-refractivity contribution in [3.8, 4) is 5.75 Å². The Labute approximate surface area is 214 Å². The number of anilines is 1. The molecule has 0 bridgehead atoms. The molecule has 2 aromatic heterocycles. The zero-order valence-corrected chi connectivity index (χ0v) is 20.6. The normalized spacial score (nSPS) is 15.8. The van der Waals surface area contributed by atoms with Crippen LogP contribution in [-0.2, 0) is 4.84 Å². The minimum absolute atomic E-state index is 0.0803. The number of piperidine rings is 1. The molecular weight excluding hydrogens is 523 g/mol. The molecule has 14 heteroatoms. The summed E-state index contributed by atoms with van der Waals surface area (Å²) in [7, 11) is 0. The average Bonchev–Trinajstić information content (AvgIpc) is 3.18. The van der Waals surface area contributed by atoms with E-state index >= 15 is 0 Å². The molecule has 1 saturated heterocycles. The third kappa shape index (κ3) is 9.30. The number of thiazole rings is 1. The first-order valence-corrected chi connectivity index (χ1v) is 12.2. The molecule has 196 valence electrons. The van der Waals surface area contributed by atoms with Crippen LogP contribution in [0.1, 0.15) is 24.8 Å². The summed E-state index contributed by atoms with van der Waals surface area (Å²) in [4.78, 5) is 11.2. The molecule has 1 aromatic carbocycles. The van der Waals surface area contributed by atoms with Gasteiger partial charge in [0, 0.05) is 18.7 Å². The molecule has 3 N–H and O–H groups in total. The van der Waals surface area contributed by atoms with Gasteiger partial charge in [-0.3, -0.25) is 0 Å². The van der Waals surface area contributed by atoms with Gasteiger partial charge in [0.2, 0.25) is 0 Å². The zero-order chi connectivity index (χ0) is 26.1. The van der Waals surface area contributed by atoms with Crippen molar-refractivity contribution in [1.82, 2.24) is 9.88 Å². The van der Waals surface area contributed by atoms with Gasteiger partial charge in [0.05, 0.1) is 15.8 Å². The summed E-state index contributed by atoms with van der Waals surface area (Å²) < 4.78 is 40.6. The number of halogens is 4. The lowest BCUT2D eigenvalue weighted by Crippen LogP contribution is -2.38. The maximum Gasteiger partial charge on any atom is 0.573 e. The summed E-state index contributed by atoms with van der Waals surface area (Å²) in [6.45, 7) is 2.71. The van der Waals surface area contributed by atoms with Crippen LogP contribution in [0.4, 0.5) is 18.3 Å². The number of hydrogen-bond donors (Lipinski definition) is 2. The molecular formula is C22H25ClF3N5O4S. The van der Waals surface area contributed by atoms with E-state index in [1.54, 1.807) is 12.1 Å². The fraction of sp³-hybridized carbons (Fsp3) is 0.409. The molecule has 4 rings (SSSR count). The van der Waals surface area contributed by atoms with E-state index in [9.17, 15) is 23.5 Å². The van der Waals surface area contributed by atoms with E-state index in [1.165, 1.54) is 49.9 Å². The summed E-state index contributed by atoms with van der Waals surface area (Å²) in [5.74, 6) is -0.265. The van der Waals surface area contributed by atoms with Gasteiger partial charge in [-0.15, -0.1) is 13.2 Å². The van der Waals surface area contributed by atoms with Gasteiger partial charge in [-0.05, 0) is 44.1 Å². The van der Waals surface area contributed by atoms with Crippen molar-refractivity contribution in [1.29, 1.82) is 0 Å². The molecule has 1 aliphatic heterocycles. The number of β-amino-alcohol motifs (C(OH)–C–C–N with tert-alkyl or cyclic N) is 1. The van der Waals surface area contributed by atoms with Crippen molar-refractivity contribution in [2.45, 2.75) is 31.7 Å². The topological polar surface area (TPSA) is 120 Å². The third-order valence-electron chi connectivity index (χ3n) is 4.95. The molecule has 0 unspecified atom stereocenters. The van der Waals surface area contributed by atoms with Gasteiger partial charge in [0.15, 0.2) is 22.7 Å². The third-order valence-corrected chi connectivity index (χ3v) is 6.09. The minimum Gasteiger partial charge on any atom is -0.619 e. The second-order valence-corrected chi connectivity index (χ2v) is 9.30. The number of hydrogen-bond acceptors (Lipinski definition) is 9. The number of nitrogens with two attached hydrogens (primary N) is 1. The maximum atomic E-state index is 11.9. The Bertz CT molecular complexity index is 1160. The monoisotopic (exact) mass is 547 g/mol. The van der Waals surface area contributed by atoms with E-state index in [-0.39, 0.29) is 17.5 Å². The summed E-state index contributed by atoms with van der Waals surface area (Å²) in [6.07, 6.45) is 1.01. The highest BCUT2D eigenvalue weighted by Gasteiger charge is 2.31. The Morgan fingerprint density at radius 1 is 1.31 bits per heavy atom. The first kappa shape index (κ1) is 27.7. The number of oxime groups is 1. The highest BCUT2D eigenvalue weighted by Crippen LogP contribution is 2.30. The predicted molar refractivity (Wildman–Crippen MR) is 131 cm³/mol. The Balaban J connectivity index is 0.000000212. The van der Waals surface area contributed by atoms with Gasteiger partial charge in [0.25, 0.3) is 0 Å². The van der Waals surface area contributed by atoms with Crippen LogP contribution in [0.15, 0.2) is 47.9 Å². The minimum atomic E-state index is -4.68. The van der Waals surface area contributed by atoms with Crippen LogP contribution < -0.4 is 15.2 Å². The lowest BCUT2D eigenvalue weighted by Gasteiger charge is -2.27. The van der Waals surface area contributed by atoms with Crippen LogP contribution in [-0.4, -0.2) is 58.9 Å². The van der Waals surface area contributed by atoms with Gasteiger partial charge >= 0.3 is 6.36 Å². The summed E-state index contributed by atoms with van der Waals surface area (Å²) in [6, 6.07) is 7.13. The van der Waals surface area contributed by atoms with Crippen LogP contribution in [0.5, 0.6) is 5.75 Å². The standard InChI is InChI=1S/C14H20ClN3O3.C8H5F3N2OS/c15-14(12-5-4-8-18(20)9-12)16-21-11-13(19)10-17-6-2-1-3-7-17;9-8(10,11)14-4-1-2-5-6(3-4)15-7(12)13-5/h4-5,8-9,13,19H,1-3,6-7,10-11H2;1-3H,(H2,12,13)/b16-14-;/t13-;/m1./s1. The van der Waals surface area contributed by atoms with Crippen molar-refractivity contribution in [3.63, 3.8) is 0 Å².